The topological polar surface area (TPSA) is 40.6 Å². The van der Waals surface area contributed by atoms with E-state index in [1.165, 1.54) is 0 Å². The van der Waals surface area contributed by atoms with Crippen LogP contribution in [0.1, 0.15) is 0 Å². The highest BCUT2D eigenvalue weighted by atomic mass is 79.9. The molecule has 0 bridgehead atoms. The Balaban J connectivity index is 2.12. The van der Waals surface area contributed by atoms with Crippen LogP contribution in [-0.2, 0) is 9.47 Å². The van der Waals surface area contributed by atoms with Crippen molar-refractivity contribution in [2.24, 2.45) is 0 Å². The molecular formula is C10H14BrNO3. The molecule has 1 heterocycles. The molecule has 1 aromatic heterocycles. The van der Waals surface area contributed by atoms with Gasteiger partial charge in [-0.2, -0.15) is 0 Å². The molecule has 0 aromatic carbocycles. The molecule has 0 saturated heterocycles. The Bertz CT molecular complexity index is 283. The molecule has 0 saturated carbocycles. The zero-order chi connectivity index (χ0) is 10.9. The second-order valence-corrected chi connectivity index (χ2v) is 3.50. The minimum absolute atomic E-state index is 0.508. The lowest BCUT2D eigenvalue weighted by molar-refractivity contribution is 0.0542. The van der Waals surface area contributed by atoms with E-state index in [-0.39, 0.29) is 0 Å². The number of aromatic nitrogens is 1. The summed E-state index contributed by atoms with van der Waals surface area (Å²) < 4.78 is 16.2. The average molecular weight is 276 g/mol. The first kappa shape index (κ1) is 12.4. The van der Waals surface area contributed by atoms with Gasteiger partial charge in [-0.3, -0.25) is 0 Å². The zero-order valence-corrected chi connectivity index (χ0v) is 10.2. The first-order chi connectivity index (χ1) is 7.34. The molecular weight excluding hydrogens is 262 g/mol. The molecule has 0 amide bonds. The van der Waals surface area contributed by atoms with Gasteiger partial charge in [0.1, 0.15) is 11.2 Å². The summed E-state index contributed by atoms with van der Waals surface area (Å²) in [4.78, 5) is 4.04. The fourth-order valence-corrected chi connectivity index (χ4v) is 1.30. The van der Waals surface area contributed by atoms with Crippen molar-refractivity contribution in [3.05, 3.63) is 22.9 Å². The van der Waals surface area contributed by atoms with Crippen LogP contribution >= 0.6 is 15.9 Å². The molecule has 4 nitrogen and oxygen atoms in total. The molecule has 5 heteroatoms. The maximum absolute atomic E-state index is 5.44. The maximum atomic E-state index is 5.44. The van der Waals surface area contributed by atoms with E-state index in [9.17, 15) is 0 Å². The van der Waals surface area contributed by atoms with Crippen molar-refractivity contribution in [2.75, 3.05) is 33.5 Å². The van der Waals surface area contributed by atoms with Gasteiger partial charge in [-0.1, -0.05) is 0 Å². The Morgan fingerprint density at radius 3 is 2.80 bits per heavy atom. The third-order valence-electron chi connectivity index (χ3n) is 1.64. The van der Waals surface area contributed by atoms with Crippen molar-refractivity contribution < 1.29 is 14.2 Å². The van der Waals surface area contributed by atoms with E-state index in [0.29, 0.717) is 31.0 Å². The largest absolute Gasteiger partial charge is 0.488 e. The second-order valence-electron chi connectivity index (χ2n) is 2.75. The van der Waals surface area contributed by atoms with Crippen LogP contribution in [-0.4, -0.2) is 38.5 Å². The summed E-state index contributed by atoms with van der Waals surface area (Å²) in [5.74, 6) is 0.729. The molecule has 0 unspecified atom stereocenters. The van der Waals surface area contributed by atoms with Crippen LogP contribution in [0.15, 0.2) is 22.9 Å². The van der Waals surface area contributed by atoms with Crippen LogP contribution in [0.5, 0.6) is 5.75 Å². The van der Waals surface area contributed by atoms with E-state index in [1.54, 1.807) is 13.3 Å². The molecule has 0 aliphatic rings. The summed E-state index contributed by atoms with van der Waals surface area (Å²) in [5.41, 5.74) is 0. The SMILES string of the molecule is COCCOCCOc1cccnc1Br. The van der Waals surface area contributed by atoms with E-state index in [1.807, 2.05) is 12.1 Å². The van der Waals surface area contributed by atoms with Gasteiger partial charge in [0.2, 0.25) is 0 Å². The van der Waals surface area contributed by atoms with Crippen molar-refractivity contribution >= 4 is 15.9 Å². The minimum atomic E-state index is 0.508. The van der Waals surface area contributed by atoms with Crippen LogP contribution in [0.25, 0.3) is 0 Å². The highest BCUT2D eigenvalue weighted by Gasteiger charge is 1.99. The van der Waals surface area contributed by atoms with E-state index in [4.69, 9.17) is 14.2 Å². The summed E-state index contributed by atoms with van der Waals surface area (Å²) in [6.45, 7) is 2.25. The normalized spacial score (nSPS) is 10.3. The van der Waals surface area contributed by atoms with Crippen molar-refractivity contribution in [1.82, 2.24) is 4.98 Å². The molecule has 0 aliphatic carbocycles. The lowest BCUT2D eigenvalue weighted by Crippen LogP contribution is -2.10. The van der Waals surface area contributed by atoms with E-state index in [2.05, 4.69) is 20.9 Å². The Morgan fingerprint density at radius 1 is 1.27 bits per heavy atom. The molecule has 0 aliphatic heterocycles. The van der Waals surface area contributed by atoms with Crippen molar-refractivity contribution in [3.8, 4) is 5.75 Å². The Kier molecular flexibility index (Phi) is 6.31. The molecule has 84 valence electrons. The Hall–Kier alpha value is -0.650. The maximum Gasteiger partial charge on any atom is 0.152 e. The molecule has 15 heavy (non-hydrogen) atoms. The third-order valence-corrected chi connectivity index (χ3v) is 2.24. The summed E-state index contributed by atoms with van der Waals surface area (Å²) in [6.07, 6.45) is 1.70. The van der Waals surface area contributed by atoms with Crippen LogP contribution in [0.3, 0.4) is 0 Å². The number of hydrogen-bond donors (Lipinski definition) is 0. The number of nitrogens with zero attached hydrogens (tertiary/aromatic N) is 1. The number of rotatable bonds is 7. The fourth-order valence-electron chi connectivity index (χ4n) is 0.934. The second kappa shape index (κ2) is 7.62. The van der Waals surface area contributed by atoms with Gasteiger partial charge >= 0.3 is 0 Å². The number of halogens is 1. The van der Waals surface area contributed by atoms with Crippen molar-refractivity contribution in [1.29, 1.82) is 0 Å². The van der Waals surface area contributed by atoms with Crippen LogP contribution in [0.4, 0.5) is 0 Å². The number of hydrogen-bond acceptors (Lipinski definition) is 4. The molecule has 0 fully saturated rings. The van der Waals surface area contributed by atoms with Gasteiger partial charge < -0.3 is 14.2 Å². The first-order valence-electron chi connectivity index (χ1n) is 4.64. The van der Waals surface area contributed by atoms with Crippen molar-refractivity contribution in [2.45, 2.75) is 0 Å². The van der Waals surface area contributed by atoms with Gasteiger partial charge in [-0.05, 0) is 28.1 Å². The van der Waals surface area contributed by atoms with Gasteiger partial charge in [-0.15, -0.1) is 0 Å². The van der Waals surface area contributed by atoms with Crippen LogP contribution in [0.2, 0.25) is 0 Å². The molecule has 0 radical (unpaired) electrons. The van der Waals surface area contributed by atoms with E-state index < -0.39 is 0 Å². The van der Waals surface area contributed by atoms with Crippen LogP contribution < -0.4 is 4.74 Å². The van der Waals surface area contributed by atoms with Gasteiger partial charge in [0.25, 0.3) is 0 Å². The first-order valence-corrected chi connectivity index (χ1v) is 5.44. The van der Waals surface area contributed by atoms with Gasteiger partial charge in [0, 0.05) is 13.3 Å². The lowest BCUT2D eigenvalue weighted by Gasteiger charge is -2.07. The standard InChI is InChI=1S/C10H14BrNO3/c1-13-5-6-14-7-8-15-9-3-2-4-12-10(9)11/h2-4H,5-8H2,1H3. The average Bonchev–Trinajstić information content (AvgIpc) is 2.25. The van der Waals surface area contributed by atoms with Gasteiger partial charge in [-0.25, -0.2) is 4.98 Å². The predicted molar refractivity (Wildman–Crippen MR) is 60.1 cm³/mol. The summed E-state index contributed by atoms with van der Waals surface area (Å²) in [7, 11) is 1.65. The number of pyridine rings is 1. The summed E-state index contributed by atoms with van der Waals surface area (Å²) >= 11 is 3.29. The smallest absolute Gasteiger partial charge is 0.152 e. The monoisotopic (exact) mass is 275 g/mol. The zero-order valence-electron chi connectivity index (χ0n) is 8.61. The van der Waals surface area contributed by atoms with E-state index in [0.717, 1.165) is 5.75 Å². The predicted octanol–water partition coefficient (Wildman–Crippen LogP) is 1.89. The lowest BCUT2D eigenvalue weighted by atomic mass is 10.5. The molecule has 1 rings (SSSR count). The van der Waals surface area contributed by atoms with Crippen LogP contribution in [0, 0.1) is 0 Å². The minimum Gasteiger partial charge on any atom is -0.488 e. The molecule has 0 atom stereocenters. The highest BCUT2D eigenvalue weighted by molar-refractivity contribution is 9.10. The third kappa shape index (κ3) is 5.11. The molecule has 0 spiro atoms. The quantitative estimate of drug-likeness (QED) is 0.563. The summed E-state index contributed by atoms with van der Waals surface area (Å²) in [5, 5.41) is 0. The Labute approximate surface area is 97.7 Å². The summed E-state index contributed by atoms with van der Waals surface area (Å²) in [6, 6.07) is 3.68. The Morgan fingerprint density at radius 2 is 2.07 bits per heavy atom. The van der Waals surface area contributed by atoms with Gasteiger partial charge in [0.15, 0.2) is 5.75 Å². The number of methoxy groups -OCH3 is 1. The van der Waals surface area contributed by atoms with Crippen molar-refractivity contribution in [3.63, 3.8) is 0 Å². The molecule has 0 N–H and O–H groups in total. The fraction of sp³-hybridized carbons (Fsp3) is 0.500. The van der Waals surface area contributed by atoms with E-state index >= 15 is 0 Å². The highest BCUT2D eigenvalue weighted by Crippen LogP contribution is 2.20. The molecule has 1 aromatic rings. The number of ether oxygens (including phenoxy) is 3. The van der Waals surface area contributed by atoms with Gasteiger partial charge in [0.05, 0.1) is 19.8 Å².